The first kappa shape index (κ1) is 17.7. The number of H-pyrrole nitrogens is 1. The maximum Gasteiger partial charge on any atom is 0.273 e. The lowest BCUT2D eigenvalue weighted by atomic mass is 9.80. The van der Waals surface area contributed by atoms with Crippen LogP contribution >= 0.6 is 0 Å². The molecule has 0 bridgehead atoms. The van der Waals surface area contributed by atoms with Crippen LogP contribution in [0.15, 0.2) is 30.5 Å². The minimum atomic E-state index is -0.264. The molecule has 2 heterocycles. The Labute approximate surface area is 158 Å². The summed E-state index contributed by atoms with van der Waals surface area (Å²) in [6.07, 6.45) is 7.01. The summed E-state index contributed by atoms with van der Waals surface area (Å²) >= 11 is 0. The highest BCUT2D eigenvalue weighted by Crippen LogP contribution is 2.37. The Hall–Kier alpha value is -2.67. The molecular formula is C20H25N5O2. The summed E-state index contributed by atoms with van der Waals surface area (Å²) < 4.78 is 0. The summed E-state index contributed by atoms with van der Waals surface area (Å²) in [5.41, 5.74) is 8.85. The molecule has 4 N–H and O–H groups in total. The van der Waals surface area contributed by atoms with Gasteiger partial charge in [0.15, 0.2) is 0 Å². The fraction of sp³-hybridized carbons (Fsp3) is 0.450. The number of nitrogens with one attached hydrogen (secondary N) is 2. The van der Waals surface area contributed by atoms with E-state index in [9.17, 15) is 9.59 Å². The first-order valence-corrected chi connectivity index (χ1v) is 9.59. The van der Waals surface area contributed by atoms with E-state index < -0.39 is 0 Å². The van der Waals surface area contributed by atoms with Crippen molar-refractivity contribution in [2.75, 3.05) is 11.9 Å². The Morgan fingerprint density at radius 1 is 1.26 bits per heavy atom. The lowest BCUT2D eigenvalue weighted by Crippen LogP contribution is -2.39. The number of amides is 2. The van der Waals surface area contributed by atoms with Gasteiger partial charge in [-0.25, -0.2) is 0 Å². The Morgan fingerprint density at radius 3 is 2.85 bits per heavy atom. The van der Waals surface area contributed by atoms with E-state index in [0.29, 0.717) is 18.2 Å². The minimum Gasteiger partial charge on any atom is -0.368 e. The molecule has 1 atom stereocenters. The number of nitrogens with zero attached hydrogens (tertiary/aromatic N) is 2. The summed E-state index contributed by atoms with van der Waals surface area (Å²) in [5, 5.41) is 9.87. The number of carbonyl (C=O) groups excluding carboxylic acids is 2. The Kier molecular flexibility index (Phi) is 4.94. The van der Waals surface area contributed by atoms with Crippen LogP contribution in [0.2, 0.25) is 0 Å². The van der Waals surface area contributed by atoms with Crippen molar-refractivity contribution in [1.29, 1.82) is 0 Å². The van der Waals surface area contributed by atoms with Crippen molar-refractivity contribution in [1.82, 2.24) is 15.1 Å². The van der Waals surface area contributed by atoms with Crippen LogP contribution in [0.4, 0.5) is 5.69 Å². The van der Waals surface area contributed by atoms with E-state index >= 15 is 0 Å². The first-order valence-electron chi connectivity index (χ1n) is 9.59. The number of anilines is 1. The van der Waals surface area contributed by atoms with Crippen molar-refractivity contribution in [2.45, 2.75) is 50.6 Å². The molecule has 1 aromatic heterocycles. The van der Waals surface area contributed by atoms with Crippen LogP contribution in [0.1, 0.15) is 59.6 Å². The normalized spacial score (nSPS) is 20.4. The molecule has 7 heteroatoms. The van der Waals surface area contributed by atoms with Gasteiger partial charge in [-0.3, -0.25) is 19.6 Å². The third kappa shape index (κ3) is 3.73. The quantitative estimate of drug-likeness (QED) is 0.729. The third-order valence-corrected chi connectivity index (χ3v) is 5.70. The predicted octanol–water partition coefficient (Wildman–Crippen LogP) is 2.38. The third-order valence-electron chi connectivity index (χ3n) is 5.70. The van der Waals surface area contributed by atoms with Gasteiger partial charge in [0.05, 0.1) is 12.2 Å². The van der Waals surface area contributed by atoms with Gasteiger partial charge in [0.2, 0.25) is 5.91 Å². The second-order valence-corrected chi connectivity index (χ2v) is 7.51. The zero-order chi connectivity index (χ0) is 18.8. The molecule has 7 nitrogen and oxygen atoms in total. The van der Waals surface area contributed by atoms with Crippen LogP contribution in [0.5, 0.6) is 0 Å². The number of hydrogen-bond donors (Lipinski definition) is 3. The van der Waals surface area contributed by atoms with Crippen LogP contribution in [-0.2, 0) is 11.3 Å². The SMILES string of the molecule is NC(=O)C1CCCN1Cc1cccc(NC(=O)c2[nH]ncc2C2CCC2)c1. The van der Waals surface area contributed by atoms with E-state index in [1.54, 1.807) is 6.20 Å². The molecule has 1 unspecified atom stereocenters. The molecule has 0 spiro atoms. The maximum absolute atomic E-state index is 12.7. The molecular weight excluding hydrogens is 342 g/mol. The van der Waals surface area contributed by atoms with E-state index in [2.05, 4.69) is 20.4 Å². The molecule has 27 heavy (non-hydrogen) atoms. The Bertz CT molecular complexity index is 842. The van der Waals surface area contributed by atoms with Gasteiger partial charge in [0.1, 0.15) is 5.69 Å². The second kappa shape index (κ2) is 7.52. The molecule has 2 fully saturated rings. The zero-order valence-electron chi connectivity index (χ0n) is 15.3. The topological polar surface area (TPSA) is 104 Å². The van der Waals surface area contributed by atoms with Gasteiger partial charge in [0, 0.05) is 17.8 Å². The lowest BCUT2D eigenvalue weighted by Gasteiger charge is -2.25. The van der Waals surface area contributed by atoms with Crippen molar-refractivity contribution < 1.29 is 9.59 Å². The predicted molar refractivity (Wildman–Crippen MR) is 102 cm³/mol. The summed E-state index contributed by atoms with van der Waals surface area (Å²) in [4.78, 5) is 26.4. The van der Waals surface area contributed by atoms with Gasteiger partial charge in [-0.05, 0) is 55.8 Å². The van der Waals surface area contributed by atoms with Crippen LogP contribution in [0.3, 0.4) is 0 Å². The number of carbonyl (C=O) groups is 2. The highest BCUT2D eigenvalue weighted by atomic mass is 16.2. The van der Waals surface area contributed by atoms with Gasteiger partial charge in [-0.1, -0.05) is 18.6 Å². The van der Waals surface area contributed by atoms with E-state index in [0.717, 1.165) is 49.0 Å². The molecule has 1 aliphatic carbocycles. The van der Waals surface area contributed by atoms with Gasteiger partial charge < -0.3 is 11.1 Å². The van der Waals surface area contributed by atoms with E-state index in [1.807, 2.05) is 24.3 Å². The maximum atomic E-state index is 12.7. The number of nitrogens with two attached hydrogens (primary N) is 1. The van der Waals surface area contributed by atoms with Crippen molar-refractivity contribution in [3.63, 3.8) is 0 Å². The van der Waals surface area contributed by atoms with Crippen LogP contribution < -0.4 is 11.1 Å². The van der Waals surface area contributed by atoms with Crippen molar-refractivity contribution >= 4 is 17.5 Å². The Balaban J connectivity index is 1.44. The zero-order valence-corrected chi connectivity index (χ0v) is 15.3. The summed E-state index contributed by atoms with van der Waals surface area (Å²) in [5.74, 6) is 0.0131. The van der Waals surface area contributed by atoms with Gasteiger partial charge in [-0.2, -0.15) is 5.10 Å². The second-order valence-electron chi connectivity index (χ2n) is 7.51. The summed E-state index contributed by atoms with van der Waals surface area (Å²) in [7, 11) is 0. The average Bonchev–Trinajstić information content (AvgIpc) is 3.23. The van der Waals surface area contributed by atoms with E-state index in [1.165, 1.54) is 6.42 Å². The molecule has 2 aromatic rings. The number of aromatic nitrogens is 2. The number of benzene rings is 1. The van der Waals surface area contributed by atoms with E-state index in [-0.39, 0.29) is 17.9 Å². The van der Waals surface area contributed by atoms with Crippen LogP contribution in [-0.4, -0.2) is 39.5 Å². The fourth-order valence-corrected chi connectivity index (χ4v) is 4.02. The molecule has 2 aliphatic rings. The summed E-state index contributed by atoms with van der Waals surface area (Å²) in [6, 6.07) is 7.55. The average molecular weight is 367 g/mol. The van der Waals surface area contributed by atoms with E-state index in [4.69, 9.17) is 5.73 Å². The molecule has 4 rings (SSSR count). The molecule has 1 aliphatic heterocycles. The smallest absolute Gasteiger partial charge is 0.273 e. The van der Waals surface area contributed by atoms with Crippen molar-refractivity contribution in [3.05, 3.63) is 47.3 Å². The molecule has 1 saturated carbocycles. The van der Waals surface area contributed by atoms with Crippen molar-refractivity contribution in [2.24, 2.45) is 5.73 Å². The highest BCUT2D eigenvalue weighted by molar-refractivity contribution is 6.04. The fourth-order valence-electron chi connectivity index (χ4n) is 4.02. The highest BCUT2D eigenvalue weighted by Gasteiger charge is 2.29. The van der Waals surface area contributed by atoms with Crippen LogP contribution in [0, 0.1) is 0 Å². The monoisotopic (exact) mass is 367 g/mol. The number of hydrogen-bond acceptors (Lipinski definition) is 4. The molecule has 2 amide bonds. The molecule has 1 aromatic carbocycles. The van der Waals surface area contributed by atoms with Crippen LogP contribution in [0.25, 0.3) is 0 Å². The summed E-state index contributed by atoms with van der Waals surface area (Å²) in [6.45, 7) is 1.51. The molecule has 142 valence electrons. The number of primary amides is 1. The van der Waals surface area contributed by atoms with Crippen molar-refractivity contribution in [3.8, 4) is 0 Å². The first-order chi connectivity index (χ1) is 13.1. The van der Waals surface area contributed by atoms with Gasteiger partial charge >= 0.3 is 0 Å². The molecule has 1 saturated heterocycles. The molecule has 0 radical (unpaired) electrons. The van der Waals surface area contributed by atoms with Gasteiger partial charge in [0.25, 0.3) is 5.91 Å². The number of likely N-dealkylation sites (tertiary alicyclic amines) is 1. The standard InChI is InChI=1S/C20H25N5O2/c21-19(26)17-8-3-9-25(17)12-13-4-1-7-15(10-13)23-20(27)18-16(11-22-24-18)14-5-2-6-14/h1,4,7,10-11,14,17H,2-3,5-6,8-9,12H2,(H2,21,26)(H,22,24)(H,23,27). The number of rotatable bonds is 6. The lowest BCUT2D eigenvalue weighted by molar-refractivity contribution is -0.122. The minimum absolute atomic E-state index is 0.164. The largest absolute Gasteiger partial charge is 0.368 e. The van der Waals surface area contributed by atoms with Gasteiger partial charge in [-0.15, -0.1) is 0 Å². The number of aromatic amines is 1. The Morgan fingerprint density at radius 2 is 2.11 bits per heavy atom.